The Morgan fingerprint density at radius 1 is 0.386 bits per heavy atom. The third-order valence-corrected chi connectivity index (χ3v) is 8.47. The lowest BCUT2D eigenvalue weighted by molar-refractivity contribution is 1.26. The van der Waals surface area contributed by atoms with E-state index in [9.17, 15) is 10.5 Å². The van der Waals surface area contributed by atoms with Crippen molar-refractivity contribution in [2.75, 3.05) is 0 Å². The summed E-state index contributed by atoms with van der Waals surface area (Å²) in [5, 5.41) is 25.9. The van der Waals surface area contributed by atoms with E-state index >= 15 is 0 Å². The second kappa shape index (κ2) is 10.2. The van der Waals surface area contributed by atoms with E-state index in [1.807, 2.05) is 24.3 Å². The quantitative estimate of drug-likeness (QED) is 0.202. The summed E-state index contributed by atoms with van der Waals surface area (Å²) in [6.07, 6.45) is 3.36. The lowest BCUT2D eigenvalue weighted by Gasteiger charge is -2.17. The van der Waals surface area contributed by atoms with Gasteiger partial charge in [0.05, 0.1) is 0 Å². The van der Waals surface area contributed by atoms with Gasteiger partial charge in [0.1, 0.15) is 23.5 Å². The first-order chi connectivity index (χ1) is 21.7. The van der Waals surface area contributed by atoms with Crippen LogP contribution in [0.4, 0.5) is 0 Å². The molecule has 4 heteroatoms. The van der Waals surface area contributed by atoms with Gasteiger partial charge in [0, 0.05) is 12.4 Å². The highest BCUT2D eigenvalue weighted by atomic mass is 14.7. The number of hydrogen-bond acceptors (Lipinski definition) is 4. The van der Waals surface area contributed by atoms with E-state index in [2.05, 4.69) is 119 Å². The number of rotatable bonds is 4. The van der Waals surface area contributed by atoms with Crippen molar-refractivity contribution in [1.29, 1.82) is 10.5 Å². The van der Waals surface area contributed by atoms with Gasteiger partial charge in [-0.1, -0.05) is 97.1 Å². The molecule has 2 aromatic heterocycles. The summed E-state index contributed by atoms with van der Waals surface area (Å²) in [5.41, 5.74) is 9.56. The minimum Gasteiger partial charge on any atom is -0.246 e. The Kier molecular flexibility index (Phi) is 5.86. The van der Waals surface area contributed by atoms with Gasteiger partial charge in [-0.05, 0) is 101 Å². The molecular formula is C40H22N4. The minimum absolute atomic E-state index is 0.414. The standard InChI is InChI=1S/C40H22N4/c41-23-33-21-31(17-19-43-33)25-1-5-27(6-2-25)35-13-9-29-12-16-38-36(14-10-30-11-15-37(35)39(29)40(30)38)28-7-3-26(4-8-28)32-18-20-44-34(22-32)24-42/h1-22H. The molecule has 202 valence electrons. The van der Waals surface area contributed by atoms with E-state index in [0.29, 0.717) is 11.4 Å². The molecule has 2 heterocycles. The molecule has 0 amide bonds. The Hall–Kier alpha value is -6.36. The molecule has 0 saturated heterocycles. The Balaban J connectivity index is 1.23. The van der Waals surface area contributed by atoms with Crippen molar-refractivity contribution in [2.24, 2.45) is 0 Å². The first-order valence-electron chi connectivity index (χ1n) is 14.3. The van der Waals surface area contributed by atoms with Crippen molar-refractivity contribution in [2.45, 2.75) is 0 Å². The molecule has 0 bridgehead atoms. The third-order valence-electron chi connectivity index (χ3n) is 8.47. The van der Waals surface area contributed by atoms with Crippen molar-refractivity contribution in [3.63, 3.8) is 0 Å². The molecule has 4 nitrogen and oxygen atoms in total. The van der Waals surface area contributed by atoms with E-state index in [-0.39, 0.29) is 0 Å². The summed E-state index contributed by atoms with van der Waals surface area (Å²) >= 11 is 0. The smallest absolute Gasteiger partial charge is 0.141 e. The highest BCUT2D eigenvalue weighted by Crippen LogP contribution is 2.42. The summed E-state index contributed by atoms with van der Waals surface area (Å²) in [5.74, 6) is 0. The van der Waals surface area contributed by atoms with Crippen LogP contribution < -0.4 is 0 Å². The predicted octanol–water partition coefficient (Wildman–Crippen LogP) is 9.79. The maximum atomic E-state index is 9.25. The van der Waals surface area contributed by atoms with Gasteiger partial charge in [-0.15, -0.1) is 0 Å². The van der Waals surface area contributed by atoms with Gasteiger partial charge < -0.3 is 0 Å². The van der Waals surface area contributed by atoms with E-state index in [4.69, 9.17) is 0 Å². The fraction of sp³-hybridized carbons (Fsp3) is 0. The van der Waals surface area contributed by atoms with Gasteiger partial charge >= 0.3 is 0 Å². The maximum Gasteiger partial charge on any atom is 0.141 e. The van der Waals surface area contributed by atoms with E-state index < -0.39 is 0 Å². The monoisotopic (exact) mass is 558 g/mol. The van der Waals surface area contributed by atoms with Crippen LogP contribution >= 0.6 is 0 Å². The van der Waals surface area contributed by atoms with Gasteiger partial charge in [-0.25, -0.2) is 9.97 Å². The zero-order valence-electron chi connectivity index (χ0n) is 23.5. The van der Waals surface area contributed by atoms with E-state index in [0.717, 1.165) is 33.4 Å². The molecule has 0 unspecified atom stereocenters. The normalized spacial score (nSPS) is 11.1. The first kappa shape index (κ1) is 25.4. The molecule has 0 aliphatic rings. The van der Waals surface area contributed by atoms with Crippen LogP contribution in [-0.2, 0) is 0 Å². The number of aromatic nitrogens is 2. The van der Waals surface area contributed by atoms with E-state index in [1.54, 1.807) is 12.4 Å². The van der Waals surface area contributed by atoms with Gasteiger partial charge in [0.2, 0.25) is 0 Å². The number of benzene rings is 6. The van der Waals surface area contributed by atoms with Crippen LogP contribution in [0.2, 0.25) is 0 Å². The molecule has 0 radical (unpaired) electrons. The summed E-state index contributed by atoms with van der Waals surface area (Å²) in [6.45, 7) is 0. The number of nitriles is 2. The molecule has 0 atom stereocenters. The minimum atomic E-state index is 0.414. The molecule has 44 heavy (non-hydrogen) atoms. The van der Waals surface area contributed by atoms with Crippen molar-refractivity contribution in [3.05, 3.63) is 145 Å². The van der Waals surface area contributed by atoms with Crippen molar-refractivity contribution in [1.82, 2.24) is 9.97 Å². The fourth-order valence-corrected chi connectivity index (χ4v) is 6.33. The lowest BCUT2D eigenvalue weighted by atomic mass is 9.87. The number of nitrogens with zero attached hydrogens (tertiary/aromatic N) is 4. The van der Waals surface area contributed by atoms with Gasteiger partial charge in [-0.3, -0.25) is 0 Å². The van der Waals surface area contributed by atoms with Crippen molar-refractivity contribution in [3.8, 4) is 56.6 Å². The van der Waals surface area contributed by atoms with Gasteiger partial charge in [-0.2, -0.15) is 10.5 Å². The largest absolute Gasteiger partial charge is 0.246 e. The molecule has 8 rings (SSSR count). The van der Waals surface area contributed by atoms with Gasteiger partial charge in [0.25, 0.3) is 0 Å². The van der Waals surface area contributed by atoms with Crippen LogP contribution in [0.3, 0.4) is 0 Å². The highest BCUT2D eigenvalue weighted by molar-refractivity contribution is 6.27. The molecular weight excluding hydrogens is 536 g/mol. The summed E-state index contributed by atoms with van der Waals surface area (Å²) in [7, 11) is 0. The van der Waals surface area contributed by atoms with Crippen molar-refractivity contribution >= 4 is 32.3 Å². The van der Waals surface area contributed by atoms with Crippen molar-refractivity contribution < 1.29 is 0 Å². The summed E-state index contributed by atoms with van der Waals surface area (Å²) in [6, 6.07) is 46.6. The topological polar surface area (TPSA) is 73.4 Å². The SMILES string of the molecule is N#Cc1cc(-c2ccc(-c3ccc4ccc5c(-c6ccc(-c7ccnc(C#N)c7)cc6)ccc6ccc3c4c65)cc2)ccn1. The Morgan fingerprint density at radius 3 is 1.18 bits per heavy atom. The second-order valence-electron chi connectivity index (χ2n) is 10.9. The Bertz CT molecular complexity index is 2270. The second-order valence-corrected chi connectivity index (χ2v) is 10.9. The maximum absolute atomic E-state index is 9.25. The average Bonchev–Trinajstić information content (AvgIpc) is 3.10. The first-order valence-corrected chi connectivity index (χ1v) is 14.3. The zero-order chi connectivity index (χ0) is 29.6. The highest BCUT2D eigenvalue weighted by Gasteiger charge is 2.15. The predicted molar refractivity (Wildman–Crippen MR) is 177 cm³/mol. The molecule has 0 N–H and O–H groups in total. The Morgan fingerprint density at radius 2 is 0.773 bits per heavy atom. The Labute approximate surface area is 254 Å². The molecule has 0 saturated carbocycles. The number of hydrogen-bond donors (Lipinski definition) is 0. The molecule has 6 aromatic carbocycles. The molecule has 0 spiro atoms. The third kappa shape index (κ3) is 4.14. The van der Waals surface area contributed by atoms with Crippen LogP contribution in [-0.4, -0.2) is 9.97 Å². The van der Waals surface area contributed by atoms with Crippen LogP contribution in [0.1, 0.15) is 11.4 Å². The summed E-state index contributed by atoms with van der Waals surface area (Å²) in [4.78, 5) is 8.20. The van der Waals surface area contributed by atoms with Gasteiger partial charge in [0.15, 0.2) is 0 Å². The molecule has 0 aliphatic carbocycles. The zero-order valence-corrected chi connectivity index (χ0v) is 23.5. The molecule has 0 aliphatic heterocycles. The van der Waals surface area contributed by atoms with Crippen LogP contribution in [0.15, 0.2) is 134 Å². The lowest BCUT2D eigenvalue weighted by Crippen LogP contribution is -1.90. The van der Waals surface area contributed by atoms with Crippen LogP contribution in [0.5, 0.6) is 0 Å². The average molecular weight is 559 g/mol. The van der Waals surface area contributed by atoms with Crippen LogP contribution in [0, 0.1) is 22.7 Å². The molecule has 0 fully saturated rings. The molecule has 8 aromatic rings. The summed E-state index contributed by atoms with van der Waals surface area (Å²) < 4.78 is 0. The van der Waals surface area contributed by atoms with Crippen LogP contribution in [0.25, 0.3) is 76.8 Å². The fourth-order valence-electron chi connectivity index (χ4n) is 6.33. The number of pyridine rings is 2. The van der Waals surface area contributed by atoms with E-state index in [1.165, 1.54) is 43.4 Å².